The van der Waals surface area contributed by atoms with Gasteiger partial charge in [0.05, 0.1) is 58.1 Å². The molecule has 6 aromatic rings. The molecule has 278 valence electrons. The van der Waals surface area contributed by atoms with Crippen LogP contribution in [0, 0.1) is 0 Å². The number of carbonyl (C=O) groups is 4. The normalized spacial score (nSPS) is 19.9. The number of carbonyl (C=O) groups excluding carboxylic acids is 4. The maximum absolute atomic E-state index is 13.7. The third kappa shape index (κ3) is 7.91. The molecule has 5 aromatic carbocycles. The van der Waals surface area contributed by atoms with Crippen molar-refractivity contribution in [2.45, 2.75) is 50.7 Å². The SMILES string of the molecule is COC(=O)c1cccc2nc3c(C(C)O[C@@H]4O[C@@H](C)[C@H](OC(=O)c5ccccc5)[C@@H](OC(=O)c5ccccc5)[C@@H]4OC(=O)c4ccccc4)cccc3nc12. The van der Waals surface area contributed by atoms with Crippen LogP contribution in [0.15, 0.2) is 127 Å². The van der Waals surface area contributed by atoms with E-state index < -0.39 is 60.7 Å². The van der Waals surface area contributed by atoms with Crippen LogP contribution in [0.4, 0.5) is 0 Å². The van der Waals surface area contributed by atoms with Gasteiger partial charge < -0.3 is 28.4 Å². The average Bonchev–Trinajstić information content (AvgIpc) is 3.22. The minimum absolute atomic E-state index is 0.224. The van der Waals surface area contributed by atoms with Gasteiger partial charge >= 0.3 is 23.9 Å². The van der Waals surface area contributed by atoms with Crippen LogP contribution in [0.25, 0.3) is 22.1 Å². The quantitative estimate of drug-likeness (QED) is 0.0803. The van der Waals surface area contributed by atoms with Crippen molar-refractivity contribution in [3.63, 3.8) is 0 Å². The number of methoxy groups -OCH3 is 1. The van der Waals surface area contributed by atoms with E-state index >= 15 is 0 Å². The van der Waals surface area contributed by atoms with Crippen molar-refractivity contribution in [3.8, 4) is 0 Å². The van der Waals surface area contributed by atoms with Crippen molar-refractivity contribution in [3.05, 3.63) is 155 Å². The molecule has 1 aromatic heterocycles. The van der Waals surface area contributed by atoms with Gasteiger partial charge in [-0.05, 0) is 68.4 Å². The molecule has 12 heteroatoms. The van der Waals surface area contributed by atoms with E-state index in [2.05, 4.69) is 0 Å². The first-order valence-corrected chi connectivity index (χ1v) is 17.6. The summed E-state index contributed by atoms with van der Waals surface area (Å²) in [4.78, 5) is 62.9. The zero-order chi connectivity index (χ0) is 38.5. The lowest BCUT2D eigenvalue weighted by molar-refractivity contribution is -0.301. The summed E-state index contributed by atoms with van der Waals surface area (Å²) in [5.74, 6) is -2.72. The molecule has 1 aliphatic rings. The molecule has 1 aliphatic heterocycles. The van der Waals surface area contributed by atoms with Gasteiger partial charge in [-0.2, -0.15) is 0 Å². The smallest absolute Gasteiger partial charge is 0.340 e. The largest absolute Gasteiger partial charge is 0.465 e. The van der Waals surface area contributed by atoms with Crippen LogP contribution in [-0.4, -0.2) is 71.7 Å². The first-order valence-electron chi connectivity index (χ1n) is 17.6. The summed E-state index contributed by atoms with van der Waals surface area (Å²) in [5.41, 5.74) is 3.41. The second-order valence-corrected chi connectivity index (χ2v) is 12.8. The highest BCUT2D eigenvalue weighted by Gasteiger charge is 2.52. The highest BCUT2D eigenvalue weighted by atomic mass is 16.7. The van der Waals surface area contributed by atoms with Gasteiger partial charge in [0.1, 0.15) is 5.52 Å². The molecule has 0 N–H and O–H groups in total. The predicted octanol–water partition coefficient (Wildman–Crippen LogP) is 7.07. The first-order chi connectivity index (χ1) is 26.7. The van der Waals surface area contributed by atoms with Crippen molar-refractivity contribution >= 4 is 45.9 Å². The summed E-state index contributed by atoms with van der Waals surface area (Å²) in [5, 5.41) is 0. The molecular formula is C43H36N2O10. The number of nitrogens with zero attached hydrogens (tertiary/aromatic N) is 2. The summed E-state index contributed by atoms with van der Waals surface area (Å²) in [6.45, 7) is 3.42. The van der Waals surface area contributed by atoms with Crippen LogP contribution in [-0.2, 0) is 28.4 Å². The van der Waals surface area contributed by atoms with Gasteiger partial charge in [-0.15, -0.1) is 0 Å². The Morgan fingerprint density at radius 3 is 1.58 bits per heavy atom. The lowest BCUT2D eigenvalue weighted by Gasteiger charge is -2.44. The Labute approximate surface area is 315 Å². The van der Waals surface area contributed by atoms with Gasteiger partial charge in [-0.1, -0.05) is 72.8 Å². The second-order valence-electron chi connectivity index (χ2n) is 12.8. The number of fused-ring (bicyclic) bond motifs is 2. The van der Waals surface area contributed by atoms with E-state index in [-0.39, 0.29) is 22.3 Å². The van der Waals surface area contributed by atoms with Crippen LogP contribution in [0.3, 0.4) is 0 Å². The van der Waals surface area contributed by atoms with Gasteiger partial charge in [0, 0.05) is 5.56 Å². The molecule has 12 nitrogen and oxygen atoms in total. The third-order valence-electron chi connectivity index (χ3n) is 9.19. The fraction of sp³-hybridized carbons (Fsp3) is 0.209. The fourth-order valence-corrected chi connectivity index (χ4v) is 6.42. The highest BCUT2D eigenvalue weighted by Crippen LogP contribution is 2.35. The number of benzene rings is 5. The van der Waals surface area contributed by atoms with Crippen molar-refractivity contribution in [1.82, 2.24) is 9.97 Å². The van der Waals surface area contributed by atoms with Gasteiger partial charge in [0.2, 0.25) is 0 Å². The molecule has 6 atom stereocenters. The Balaban J connectivity index is 1.27. The molecule has 1 fully saturated rings. The minimum Gasteiger partial charge on any atom is -0.465 e. The van der Waals surface area contributed by atoms with Gasteiger partial charge in [-0.25, -0.2) is 29.1 Å². The summed E-state index contributed by atoms with van der Waals surface area (Å²) < 4.78 is 36.1. The minimum atomic E-state index is -1.43. The van der Waals surface area contributed by atoms with E-state index in [0.29, 0.717) is 27.6 Å². The monoisotopic (exact) mass is 740 g/mol. The Morgan fingerprint density at radius 1 is 0.564 bits per heavy atom. The summed E-state index contributed by atoms with van der Waals surface area (Å²) in [6.07, 6.45) is -7.09. The Hall–Kier alpha value is -6.50. The number of esters is 4. The molecular weight excluding hydrogens is 704 g/mol. The molecule has 0 radical (unpaired) electrons. The number of ether oxygens (including phenoxy) is 6. The summed E-state index contributed by atoms with van der Waals surface area (Å²) in [6, 6.07) is 35.3. The molecule has 1 unspecified atom stereocenters. The number of para-hydroxylation sites is 2. The van der Waals surface area contributed by atoms with Crippen molar-refractivity contribution in [2.24, 2.45) is 0 Å². The van der Waals surface area contributed by atoms with Crippen molar-refractivity contribution in [1.29, 1.82) is 0 Å². The molecule has 55 heavy (non-hydrogen) atoms. The van der Waals surface area contributed by atoms with Crippen LogP contribution < -0.4 is 0 Å². The third-order valence-corrected chi connectivity index (χ3v) is 9.19. The van der Waals surface area contributed by atoms with E-state index in [1.165, 1.54) is 7.11 Å². The molecule has 1 saturated heterocycles. The molecule has 0 saturated carbocycles. The van der Waals surface area contributed by atoms with E-state index in [0.717, 1.165) is 0 Å². The topological polar surface area (TPSA) is 149 Å². The van der Waals surface area contributed by atoms with E-state index in [1.54, 1.807) is 135 Å². The van der Waals surface area contributed by atoms with E-state index in [9.17, 15) is 19.2 Å². The van der Waals surface area contributed by atoms with Crippen LogP contribution >= 0.6 is 0 Å². The molecule has 0 aliphatic carbocycles. The van der Waals surface area contributed by atoms with Crippen LogP contribution in [0.2, 0.25) is 0 Å². The summed E-state index contributed by atoms with van der Waals surface area (Å²) in [7, 11) is 1.30. The molecule has 7 rings (SSSR count). The molecule has 0 amide bonds. The predicted molar refractivity (Wildman–Crippen MR) is 199 cm³/mol. The standard InChI is InChI=1S/C43H36N2O10/c1-25(30-21-13-23-32-34(30)44-33-24-14-22-31(35(33)45-32)42(49)50-3)51-43-38(55-41(48)29-19-11-6-12-20-29)37(54-40(47)28-17-9-5-10-18-28)36(26(2)52-43)53-39(46)27-15-7-4-8-16-27/h4-26,36-38,43H,1-3H3/t25?,26-,36-,37+,38-,43+/m0/s1. The van der Waals surface area contributed by atoms with E-state index in [1.807, 2.05) is 6.07 Å². The van der Waals surface area contributed by atoms with E-state index in [4.69, 9.17) is 38.4 Å². The van der Waals surface area contributed by atoms with Gasteiger partial charge in [-0.3, -0.25) is 0 Å². The second kappa shape index (κ2) is 16.3. The Morgan fingerprint density at radius 2 is 1.04 bits per heavy atom. The zero-order valence-corrected chi connectivity index (χ0v) is 30.1. The lowest BCUT2D eigenvalue weighted by Crippen LogP contribution is -2.61. The average molecular weight is 741 g/mol. The Bertz CT molecular complexity index is 2340. The summed E-state index contributed by atoms with van der Waals surface area (Å²) >= 11 is 0. The number of aromatic nitrogens is 2. The van der Waals surface area contributed by atoms with Crippen molar-refractivity contribution in [2.75, 3.05) is 7.11 Å². The fourth-order valence-electron chi connectivity index (χ4n) is 6.42. The van der Waals surface area contributed by atoms with Crippen LogP contribution in [0.5, 0.6) is 0 Å². The highest BCUT2D eigenvalue weighted by molar-refractivity contribution is 6.03. The number of hydrogen-bond donors (Lipinski definition) is 0. The number of rotatable bonds is 10. The lowest BCUT2D eigenvalue weighted by atomic mass is 9.98. The van der Waals surface area contributed by atoms with Crippen molar-refractivity contribution < 1.29 is 47.6 Å². The zero-order valence-electron chi connectivity index (χ0n) is 30.1. The Kier molecular flexibility index (Phi) is 10.9. The molecule has 0 spiro atoms. The molecule has 0 bridgehead atoms. The van der Waals surface area contributed by atoms with Crippen LogP contribution in [0.1, 0.15) is 66.9 Å². The van der Waals surface area contributed by atoms with Gasteiger partial charge in [0.15, 0.2) is 24.6 Å². The molecule has 2 heterocycles. The number of hydrogen-bond acceptors (Lipinski definition) is 12. The van der Waals surface area contributed by atoms with Gasteiger partial charge in [0.25, 0.3) is 0 Å². The maximum Gasteiger partial charge on any atom is 0.340 e. The maximum atomic E-state index is 13.7. The first kappa shape index (κ1) is 36.8.